The maximum absolute atomic E-state index is 13.6. The van der Waals surface area contributed by atoms with Crippen LogP contribution in [-0.4, -0.2) is 28.0 Å². The molecule has 3 heterocycles. The van der Waals surface area contributed by atoms with Crippen LogP contribution in [0.1, 0.15) is 29.7 Å². The molecule has 4 rings (SSSR count). The lowest BCUT2D eigenvalue weighted by Gasteiger charge is -2.27. The van der Waals surface area contributed by atoms with E-state index >= 15 is 0 Å². The Morgan fingerprint density at radius 2 is 1.96 bits per heavy atom. The van der Waals surface area contributed by atoms with Gasteiger partial charge in [-0.3, -0.25) is 9.88 Å². The minimum absolute atomic E-state index is 0. The van der Waals surface area contributed by atoms with E-state index in [0.717, 1.165) is 43.4 Å². The number of hydrogen-bond donors (Lipinski definition) is 1. The minimum Gasteiger partial charge on any atom is -0.358 e. The van der Waals surface area contributed by atoms with Gasteiger partial charge in [0.15, 0.2) is 0 Å². The van der Waals surface area contributed by atoms with Crippen molar-refractivity contribution in [2.75, 3.05) is 13.1 Å². The van der Waals surface area contributed by atoms with E-state index < -0.39 is 0 Å². The lowest BCUT2D eigenvalue weighted by Crippen LogP contribution is -2.31. The second-order valence-electron chi connectivity index (χ2n) is 6.61. The second kappa shape index (κ2) is 7.98. The average molecular weight is 360 g/mol. The monoisotopic (exact) mass is 359 g/mol. The van der Waals surface area contributed by atoms with Crippen LogP contribution < -0.4 is 0 Å². The van der Waals surface area contributed by atoms with E-state index in [-0.39, 0.29) is 18.2 Å². The minimum atomic E-state index is -0.154. The summed E-state index contributed by atoms with van der Waals surface area (Å²) < 4.78 is 13.6. The molecule has 0 atom stereocenters. The summed E-state index contributed by atoms with van der Waals surface area (Å²) in [6.45, 7) is 3.11. The number of hydrogen-bond acceptors (Lipinski definition) is 2. The number of halogens is 2. The van der Waals surface area contributed by atoms with Crippen molar-refractivity contribution < 1.29 is 4.39 Å². The van der Waals surface area contributed by atoms with E-state index in [9.17, 15) is 4.39 Å². The first-order chi connectivity index (χ1) is 11.8. The van der Waals surface area contributed by atoms with Crippen molar-refractivity contribution in [3.63, 3.8) is 0 Å². The molecule has 3 nitrogen and oxygen atoms in total. The van der Waals surface area contributed by atoms with Crippen molar-refractivity contribution in [1.29, 1.82) is 0 Å². The standard InChI is InChI=1S/C20H22FN3.ClH/c21-16-4-5-19-17(13-16)18-14-24(12-8-20(18)23-19)11-2-1-3-15-6-9-22-10-7-15;/h4-7,9-10,13,23H,1-3,8,11-12,14H2;1H. The highest BCUT2D eigenvalue weighted by Crippen LogP contribution is 2.28. The SMILES string of the molecule is Cl.Fc1ccc2[nH]c3c(c2c1)CN(CCCCc1ccncc1)CC3. The highest BCUT2D eigenvalue weighted by Gasteiger charge is 2.20. The number of aromatic nitrogens is 2. The zero-order valence-electron chi connectivity index (χ0n) is 14.2. The van der Waals surface area contributed by atoms with Gasteiger partial charge in [0.1, 0.15) is 5.82 Å². The van der Waals surface area contributed by atoms with E-state index in [1.54, 1.807) is 6.07 Å². The highest BCUT2D eigenvalue weighted by molar-refractivity contribution is 5.85. The van der Waals surface area contributed by atoms with E-state index in [4.69, 9.17) is 0 Å². The van der Waals surface area contributed by atoms with Crippen LogP contribution in [0.2, 0.25) is 0 Å². The maximum atomic E-state index is 13.6. The first-order valence-corrected chi connectivity index (χ1v) is 8.70. The number of benzene rings is 1. The summed E-state index contributed by atoms with van der Waals surface area (Å²) in [5.74, 6) is -0.154. The van der Waals surface area contributed by atoms with Crippen LogP contribution in [0.4, 0.5) is 4.39 Å². The molecule has 0 saturated carbocycles. The number of nitrogens with one attached hydrogen (secondary N) is 1. The topological polar surface area (TPSA) is 31.9 Å². The lowest BCUT2D eigenvalue weighted by molar-refractivity contribution is 0.249. The number of H-pyrrole nitrogens is 1. The fourth-order valence-corrected chi connectivity index (χ4v) is 3.65. The molecule has 3 aromatic rings. The molecule has 2 aromatic heterocycles. The predicted molar refractivity (Wildman–Crippen MR) is 102 cm³/mol. The van der Waals surface area contributed by atoms with Gasteiger partial charge in [-0.1, -0.05) is 0 Å². The molecule has 1 N–H and O–H groups in total. The van der Waals surface area contributed by atoms with Crippen LogP contribution in [0.3, 0.4) is 0 Å². The van der Waals surface area contributed by atoms with E-state index in [0.29, 0.717) is 0 Å². The van der Waals surface area contributed by atoms with Gasteiger partial charge in [0, 0.05) is 48.5 Å². The van der Waals surface area contributed by atoms with Crippen LogP contribution >= 0.6 is 12.4 Å². The number of pyridine rings is 1. The Morgan fingerprint density at radius 1 is 1.12 bits per heavy atom. The zero-order chi connectivity index (χ0) is 16.4. The fourth-order valence-electron chi connectivity index (χ4n) is 3.65. The summed E-state index contributed by atoms with van der Waals surface area (Å²) in [5.41, 5.74) is 4.98. The van der Waals surface area contributed by atoms with Gasteiger partial charge in [-0.25, -0.2) is 4.39 Å². The number of nitrogens with zero attached hydrogens (tertiary/aromatic N) is 2. The molecule has 0 saturated heterocycles. The van der Waals surface area contributed by atoms with E-state index in [2.05, 4.69) is 27.0 Å². The van der Waals surface area contributed by atoms with Crippen LogP contribution in [-0.2, 0) is 19.4 Å². The number of rotatable bonds is 5. The largest absolute Gasteiger partial charge is 0.358 e. The Kier molecular flexibility index (Phi) is 5.71. The van der Waals surface area contributed by atoms with Gasteiger partial charge in [0.2, 0.25) is 0 Å². The molecule has 1 aromatic carbocycles. The van der Waals surface area contributed by atoms with Gasteiger partial charge in [-0.05, 0) is 67.3 Å². The second-order valence-corrected chi connectivity index (χ2v) is 6.61. The molecule has 5 heteroatoms. The van der Waals surface area contributed by atoms with Crippen LogP contribution in [0, 0.1) is 5.82 Å². The average Bonchev–Trinajstić information content (AvgIpc) is 2.97. The normalized spacial score (nSPS) is 14.3. The molecule has 0 radical (unpaired) electrons. The van der Waals surface area contributed by atoms with Gasteiger partial charge < -0.3 is 4.98 Å². The first-order valence-electron chi connectivity index (χ1n) is 8.70. The number of unbranched alkanes of at least 4 members (excludes halogenated alkanes) is 1. The number of aryl methyl sites for hydroxylation is 1. The molecular formula is C20H23ClFN3. The van der Waals surface area contributed by atoms with Gasteiger partial charge in [0.25, 0.3) is 0 Å². The third kappa shape index (κ3) is 4.02. The van der Waals surface area contributed by atoms with Gasteiger partial charge in [-0.15, -0.1) is 12.4 Å². The fraction of sp³-hybridized carbons (Fsp3) is 0.350. The van der Waals surface area contributed by atoms with Crippen LogP contribution in [0.15, 0.2) is 42.7 Å². The van der Waals surface area contributed by atoms with Crippen molar-refractivity contribution in [1.82, 2.24) is 14.9 Å². The van der Waals surface area contributed by atoms with E-state index in [1.807, 2.05) is 18.5 Å². The van der Waals surface area contributed by atoms with Crippen molar-refractivity contribution in [2.45, 2.75) is 32.2 Å². The van der Waals surface area contributed by atoms with Crippen LogP contribution in [0.5, 0.6) is 0 Å². The summed E-state index contributed by atoms with van der Waals surface area (Å²) >= 11 is 0. The molecule has 0 fully saturated rings. The lowest BCUT2D eigenvalue weighted by atomic mass is 10.0. The molecule has 132 valence electrons. The van der Waals surface area contributed by atoms with Gasteiger partial charge >= 0.3 is 0 Å². The third-order valence-corrected chi connectivity index (χ3v) is 4.96. The van der Waals surface area contributed by atoms with Crippen LogP contribution in [0.25, 0.3) is 10.9 Å². The molecule has 25 heavy (non-hydrogen) atoms. The van der Waals surface area contributed by atoms with E-state index in [1.165, 1.54) is 35.7 Å². The first kappa shape index (κ1) is 17.9. The summed E-state index contributed by atoms with van der Waals surface area (Å²) in [4.78, 5) is 10.0. The summed E-state index contributed by atoms with van der Waals surface area (Å²) in [6.07, 6.45) is 8.23. The Hall–Kier alpha value is -1.91. The third-order valence-electron chi connectivity index (χ3n) is 4.96. The van der Waals surface area contributed by atoms with Crippen molar-refractivity contribution in [3.8, 4) is 0 Å². The summed E-state index contributed by atoms with van der Waals surface area (Å²) in [6, 6.07) is 9.22. The number of fused-ring (bicyclic) bond motifs is 3. The summed E-state index contributed by atoms with van der Waals surface area (Å²) in [7, 11) is 0. The Labute approximate surface area is 153 Å². The quantitative estimate of drug-likeness (QED) is 0.680. The Bertz CT molecular complexity index is 832. The van der Waals surface area contributed by atoms with Gasteiger partial charge in [0.05, 0.1) is 0 Å². The molecular weight excluding hydrogens is 337 g/mol. The van der Waals surface area contributed by atoms with Crippen molar-refractivity contribution in [3.05, 3.63) is 65.4 Å². The Balaban J connectivity index is 0.00000182. The molecule has 0 amide bonds. The molecule has 0 aliphatic carbocycles. The van der Waals surface area contributed by atoms with Gasteiger partial charge in [-0.2, -0.15) is 0 Å². The van der Waals surface area contributed by atoms with Crippen molar-refractivity contribution >= 4 is 23.3 Å². The maximum Gasteiger partial charge on any atom is 0.123 e. The molecule has 0 spiro atoms. The smallest absolute Gasteiger partial charge is 0.123 e. The summed E-state index contributed by atoms with van der Waals surface area (Å²) in [5, 5.41) is 1.05. The molecule has 1 aliphatic heterocycles. The number of aromatic amines is 1. The molecule has 0 bridgehead atoms. The molecule has 0 unspecified atom stereocenters. The Morgan fingerprint density at radius 3 is 2.80 bits per heavy atom. The van der Waals surface area contributed by atoms with Crippen molar-refractivity contribution in [2.24, 2.45) is 0 Å². The zero-order valence-corrected chi connectivity index (χ0v) is 15.0. The predicted octanol–water partition coefficient (Wildman–Crippen LogP) is 4.50. The highest BCUT2D eigenvalue weighted by atomic mass is 35.5. The molecule has 1 aliphatic rings.